The van der Waals surface area contributed by atoms with Crippen LogP contribution in [0.4, 0.5) is 0 Å². The number of rotatable bonds is 4. The summed E-state index contributed by atoms with van der Waals surface area (Å²) in [5.74, 6) is 0.227. The summed E-state index contributed by atoms with van der Waals surface area (Å²) in [6.07, 6.45) is 5.23. The minimum atomic E-state index is -0.430. The highest BCUT2D eigenvalue weighted by molar-refractivity contribution is 7.14. The van der Waals surface area contributed by atoms with E-state index in [0.717, 1.165) is 23.3 Å². The van der Waals surface area contributed by atoms with Crippen molar-refractivity contribution >= 4 is 23.2 Å². The number of aromatic amines is 1. The number of amides is 2. The van der Waals surface area contributed by atoms with Crippen LogP contribution in [0.1, 0.15) is 43.8 Å². The fraction of sp³-hybridized carbons (Fsp3) is 0.211. The van der Waals surface area contributed by atoms with E-state index in [9.17, 15) is 9.59 Å². The molecule has 2 amide bonds. The number of benzene rings is 1. The second-order valence-corrected chi connectivity index (χ2v) is 7.32. The van der Waals surface area contributed by atoms with Crippen LogP contribution in [0.2, 0.25) is 0 Å². The van der Waals surface area contributed by atoms with Crippen molar-refractivity contribution < 1.29 is 9.59 Å². The SMILES string of the molecule is NC(=O)c1ccc([C@H]2CCCN2C(=O)c2ccccc2-c2ncc[nH]2)s1. The maximum Gasteiger partial charge on any atom is 0.258 e. The summed E-state index contributed by atoms with van der Waals surface area (Å²) in [5.41, 5.74) is 6.78. The number of carbonyl (C=O) groups excluding carboxylic acids is 2. The predicted molar refractivity (Wildman–Crippen MR) is 99.9 cm³/mol. The average molecular weight is 366 g/mol. The van der Waals surface area contributed by atoms with Crippen LogP contribution in [-0.4, -0.2) is 33.2 Å². The lowest BCUT2D eigenvalue weighted by Gasteiger charge is -2.24. The lowest BCUT2D eigenvalue weighted by atomic mass is 10.0. The standard InChI is InChI=1S/C19H18N4O2S/c20-17(24)16-8-7-15(26-16)14-6-3-11-23(14)19(25)13-5-2-1-4-12(13)18-21-9-10-22-18/h1-2,4-5,7-10,14H,3,6,11H2,(H2,20,24)(H,21,22)/t14-/m1/s1. The summed E-state index contributed by atoms with van der Waals surface area (Å²) < 4.78 is 0. The Morgan fingerprint density at radius 2 is 2.08 bits per heavy atom. The Hall–Kier alpha value is -2.93. The van der Waals surface area contributed by atoms with Crippen molar-refractivity contribution in [3.63, 3.8) is 0 Å². The number of H-pyrrole nitrogens is 1. The molecule has 0 saturated carbocycles. The van der Waals surface area contributed by atoms with E-state index in [4.69, 9.17) is 5.73 Å². The molecule has 1 atom stereocenters. The number of nitrogens with two attached hydrogens (primary N) is 1. The van der Waals surface area contributed by atoms with Gasteiger partial charge in [0.2, 0.25) is 0 Å². The molecule has 26 heavy (non-hydrogen) atoms. The monoisotopic (exact) mass is 366 g/mol. The maximum absolute atomic E-state index is 13.3. The predicted octanol–water partition coefficient (Wildman–Crippen LogP) is 3.21. The molecule has 132 valence electrons. The van der Waals surface area contributed by atoms with E-state index in [1.165, 1.54) is 11.3 Å². The summed E-state index contributed by atoms with van der Waals surface area (Å²) in [6, 6.07) is 11.1. The topological polar surface area (TPSA) is 92.1 Å². The van der Waals surface area contributed by atoms with Gasteiger partial charge in [-0.05, 0) is 31.0 Å². The summed E-state index contributed by atoms with van der Waals surface area (Å²) in [5, 5.41) is 0. The van der Waals surface area contributed by atoms with Crippen LogP contribution in [0.15, 0.2) is 48.8 Å². The number of imidazole rings is 1. The van der Waals surface area contributed by atoms with Gasteiger partial charge in [0.05, 0.1) is 16.5 Å². The number of nitrogens with one attached hydrogen (secondary N) is 1. The first kappa shape index (κ1) is 16.5. The van der Waals surface area contributed by atoms with Gasteiger partial charge in [-0.1, -0.05) is 18.2 Å². The zero-order valence-electron chi connectivity index (χ0n) is 14.0. The smallest absolute Gasteiger partial charge is 0.258 e. The van der Waals surface area contributed by atoms with Crippen molar-refractivity contribution in [2.45, 2.75) is 18.9 Å². The number of aromatic nitrogens is 2. The molecule has 1 aromatic carbocycles. The normalized spacial score (nSPS) is 16.8. The minimum absolute atomic E-state index is 0.0199. The van der Waals surface area contributed by atoms with Crippen LogP contribution in [0.25, 0.3) is 11.4 Å². The summed E-state index contributed by atoms with van der Waals surface area (Å²) in [4.78, 5) is 35.4. The molecule has 0 bridgehead atoms. The molecule has 0 spiro atoms. The second kappa shape index (κ2) is 6.76. The number of likely N-dealkylation sites (tertiary alicyclic amines) is 1. The van der Waals surface area contributed by atoms with Crippen LogP contribution < -0.4 is 5.73 Å². The Kier molecular flexibility index (Phi) is 4.30. The molecule has 1 saturated heterocycles. The molecule has 0 radical (unpaired) electrons. The zero-order valence-corrected chi connectivity index (χ0v) is 14.8. The molecule has 1 aliphatic rings. The van der Waals surface area contributed by atoms with Gasteiger partial charge in [0.15, 0.2) is 0 Å². The van der Waals surface area contributed by atoms with Gasteiger partial charge in [0.25, 0.3) is 11.8 Å². The first-order valence-corrected chi connectivity index (χ1v) is 9.26. The molecule has 1 aliphatic heterocycles. The maximum atomic E-state index is 13.3. The van der Waals surface area contributed by atoms with E-state index in [-0.39, 0.29) is 11.9 Å². The van der Waals surface area contributed by atoms with Gasteiger partial charge in [0, 0.05) is 29.4 Å². The number of hydrogen-bond donors (Lipinski definition) is 2. The van der Waals surface area contributed by atoms with E-state index in [2.05, 4.69) is 9.97 Å². The average Bonchev–Trinajstić information content (AvgIpc) is 3.41. The molecular formula is C19H18N4O2S. The fourth-order valence-electron chi connectivity index (χ4n) is 3.41. The molecule has 6 nitrogen and oxygen atoms in total. The highest BCUT2D eigenvalue weighted by Crippen LogP contribution is 2.37. The van der Waals surface area contributed by atoms with Crippen LogP contribution in [0, 0.1) is 0 Å². The molecule has 3 N–H and O–H groups in total. The van der Waals surface area contributed by atoms with Gasteiger partial charge < -0.3 is 15.6 Å². The van der Waals surface area contributed by atoms with Gasteiger partial charge in [0.1, 0.15) is 5.82 Å². The molecule has 0 aliphatic carbocycles. The Morgan fingerprint density at radius 1 is 1.23 bits per heavy atom. The number of hydrogen-bond acceptors (Lipinski definition) is 4. The Balaban J connectivity index is 1.66. The third-order valence-electron chi connectivity index (χ3n) is 4.62. The van der Waals surface area contributed by atoms with Crippen molar-refractivity contribution in [2.75, 3.05) is 6.54 Å². The number of carbonyl (C=O) groups is 2. The van der Waals surface area contributed by atoms with E-state index in [1.807, 2.05) is 35.2 Å². The highest BCUT2D eigenvalue weighted by Gasteiger charge is 2.33. The molecule has 3 heterocycles. The van der Waals surface area contributed by atoms with E-state index in [1.54, 1.807) is 18.5 Å². The number of nitrogens with zero attached hydrogens (tertiary/aromatic N) is 2. The third kappa shape index (κ3) is 2.90. The van der Waals surface area contributed by atoms with Crippen LogP contribution in [0.5, 0.6) is 0 Å². The lowest BCUT2D eigenvalue weighted by Crippen LogP contribution is -2.30. The van der Waals surface area contributed by atoms with Gasteiger partial charge in [-0.15, -0.1) is 11.3 Å². The zero-order chi connectivity index (χ0) is 18.1. The van der Waals surface area contributed by atoms with Gasteiger partial charge in [-0.2, -0.15) is 0 Å². The van der Waals surface area contributed by atoms with Crippen molar-refractivity contribution in [2.24, 2.45) is 5.73 Å². The van der Waals surface area contributed by atoms with Crippen molar-refractivity contribution in [1.82, 2.24) is 14.9 Å². The second-order valence-electron chi connectivity index (χ2n) is 6.21. The molecule has 7 heteroatoms. The molecule has 1 fully saturated rings. The van der Waals surface area contributed by atoms with Gasteiger partial charge in [-0.25, -0.2) is 4.98 Å². The van der Waals surface area contributed by atoms with E-state index in [0.29, 0.717) is 22.8 Å². The van der Waals surface area contributed by atoms with Crippen molar-refractivity contribution in [3.8, 4) is 11.4 Å². The van der Waals surface area contributed by atoms with Crippen LogP contribution in [0.3, 0.4) is 0 Å². The van der Waals surface area contributed by atoms with E-state index < -0.39 is 5.91 Å². The first-order valence-electron chi connectivity index (χ1n) is 8.44. The summed E-state index contributed by atoms with van der Waals surface area (Å²) in [6.45, 7) is 0.694. The van der Waals surface area contributed by atoms with Crippen molar-refractivity contribution in [1.29, 1.82) is 0 Å². The Bertz CT molecular complexity index is 948. The molecule has 3 aromatic rings. The van der Waals surface area contributed by atoms with Crippen LogP contribution in [-0.2, 0) is 0 Å². The first-order chi connectivity index (χ1) is 12.6. The third-order valence-corrected chi connectivity index (χ3v) is 5.82. The lowest BCUT2D eigenvalue weighted by molar-refractivity contribution is 0.0738. The van der Waals surface area contributed by atoms with E-state index >= 15 is 0 Å². The number of thiophene rings is 1. The Labute approximate surface area is 154 Å². The fourth-order valence-corrected chi connectivity index (χ4v) is 4.42. The molecule has 4 rings (SSSR count). The Morgan fingerprint density at radius 3 is 2.81 bits per heavy atom. The van der Waals surface area contributed by atoms with Gasteiger partial charge in [-0.3, -0.25) is 9.59 Å². The molecule has 2 aromatic heterocycles. The van der Waals surface area contributed by atoms with Gasteiger partial charge >= 0.3 is 0 Å². The number of primary amides is 1. The minimum Gasteiger partial charge on any atom is -0.365 e. The quantitative estimate of drug-likeness (QED) is 0.742. The van der Waals surface area contributed by atoms with Crippen molar-refractivity contribution in [3.05, 3.63) is 64.1 Å². The largest absolute Gasteiger partial charge is 0.365 e. The van der Waals surface area contributed by atoms with Crippen LogP contribution >= 0.6 is 11.3 Å². The summed E-state index contributed by atoms with van der Waals surface area (Å²) in [7, 11) is 0. The highest BCUT2D eigenvalue weighted by atomic mass is 32.1. The summed E-state index contributed by atoms with van der Waals surface area (Å²) >= 11 is 1.37. The molecule has 0 unspecified atom stereocenters. The molecular weight excluding hydrogens is 348 g/mol.